The first-order chi connectivity index (χ1) is 12.0. The van der Waals surface area contributed by atoms with E-state index in [1.165, 1.54) is 0 Å². The van der Waals surface area contributed by atoms with Crippen LogP contribution in [0.2, 0.25) is 0 Å². The van der Waals surface area contributed by atoms with Gasteiger partial charge in [-0.05, 0) is 19.8 Å². The van der Waals surface area contributed by atoms with Crippen LogP contribution in [-0.4, -0.2) is 39.9 Å². The van der Waals surface area contributed by atoms with E-state index in [-0.39, 0.29) is 30.4 Å². The SMILES string of the molecule is Cc1ccc(C(=O)CCC(=O)N2CCC(c3nnc(C)o3)CC2)cc1. The molecule has 1 aliphatic heterocycles. The summed E-state index contributed by atoms with van der Waals surface area (Å²) in [6.45, 7) is 5.10. The Bertz CT molecular complexity index is 744. The smallest absolute Gasteiger partial charge is 0.223 e. The molecule has 0 unspecified atom stereocenters. The van der Waals surface area contributed by atoms with Crippen LogP contribution in [0.15, 0.2) is 28.7 Å². The Morgan fingerprint density at radius 2 is 1.76 bits per heavy atom. The van der Waals surface area contributed by atoms with Gasteiger partial charge in [0.15, 0.2) is 5.78 Å². The van der Waals surface area contributed by atoms with Gasteiger partial charge in [0.2, 0.25) is 17.7 Å². The van der Waals surface area contributed by atoms with Gasteiger partial charge in [-0.15, -0.1) is 10.2 Å². The lowest BCUT2D eigenvalue weighted by atomic mass is 9.96. The Kier molecular flexibility index (Phi) is 5.26. The monoisotopic (exact) mass is 341 g/mol. The summed E-state index contributed by atoms with van der Waals surface area (Å²) in [5.41, 5.74) is 1.79. The highest BCUT2D eigenvalue weighted by molar-refractivity contribution is 5.97. The summed E-state index contributed by atoms with van der Waals surface area (Å²) in [6.07, 6.45) is 2.15. The minimum Gasteiger partial charge on any atom is -0.425 e. The standard InChI is InChI=1S/C19H23N3O3/c1-13-3-5-15(6-4-13)17(23)7-8-18(24)22-11-9-16(10-12-22)19-21-20-14(2)25-19/h3-6,16H,7-12H2,1-2H3. The van der Waals surface area contributed by atoms with Crippen molar-refractivity contribution in [3.05, 3.63) is 47.2 Å². The van der Waals surface area contributed by atoms with E-state index in [1.54, 1.807) is 6.92 Å². The highest BCUT2D eigenvalue weighted by Gasteiger charge is 2.27. The summed E-state index contributed by atoms with van der Waals surface area (Å²) in [7, 11) is 0. The third kappa shape index (κ3) is 4.32. The van der Waals surface area contributed by atoms with Crippen LogP contribution in [0.3, 0.4) is 0 Å². The van der Waals surface area contributed by atoms with Gasteiger partial charge < -0.3 is 9.32 Å². The van der Waals surface area contributed by atoms with Crippen LogP contribution < -0.4 is 0 Å². The molecular weight excluding hydrogens is 318 g/mol. The lowest BCUT2D eigenvalue weighted by Gasteiger charge is -2.30. The molecule has 1 aliphatic rings. The first kappa shape index (κ1) is 17.3. The Morgan fingerprint density at radius 1 is 1.08 bits per heavy atom. The quantitative estimate of drug-likeness (QED) is 0.781. The Hall–Kier alpha value is -2.50. The normalized spacial score (nSPS) is 15.4. The number of carbonyl (C=O) groups is 2. The van der Waals surface area contributed by atoms with Crippen molar-refractivity contribution in [2.24, 2.45) is 0 Å². The van der Waals surface area contributed by atoms with Crippen molar-refractivity contribution in [1.82, 2.24) is 15.1 Å². The number of amides is 1. The van der Waals surface area contributed by atoms with Gasteiger partial charge in [-0.3, -0.25) is 9.59 Å². The number of ketones is 1. The van der Waals surface area contributed by atoms with Crippen molar-refractivity contribution >= 4 is 11.7 Å². The van der Waals surface area contributed by atoms with E-state index < -0.39 is 0 Å². The number of carbonyl (C=O) groups excluding carboxylic acids is 2. The molecule has 0 atom stereocenters. The molecule has 1 aromatic heterocycles. The van der Waals surface area contributed by atoms with E-state index in [2.05, 4.69) is 10.2 Å². The van der Waals surface area contributed by atoms with Gasteiger partial charge in [0.1, 0.15) is 0 Å². The van der Waals surface area contributed by atoms with E-state index in [4.69, 9.17) is 4.42 Å². The van der Waals surface area contributed by atoms with Crippen LogP contribution in [0.1, 0.15) is 59.3 Å². The van der Waals surface area contributed by atoms with Crippen LogP contribution in [0.25, 0.3) is 0 Å². The lowest BCUT2D eigenvalue weighted by molar-refractivity contribution is -0.132. The van der Waals surface area contributed by atoms with Crippen molar-refractivity contribution in [2.45, 2.75) is 45.4 Å². The number of hydrogen-bond acceptors (Lipinski definition) is 5. The molecule has 0 aliphatic carbocycles. The van der Waals surface area contributed by atoms with Gasteiger partial charge in [0.05, 0.1) is 0 Å². The van der Waals surface area contributed by atoms with Crippen molar-refractivity contribution in [1.29, 1.82) is 0 Å². The van der Waals surface area contributed by atoms with Crippen molar-refractivity contribution in [2.75, 3.05) is 13.1 Å². The molecular formula is C19H23N3O3. The summed E-state index contributed by atoms with van der Waals surface area (Å²) in [5, 5.41) is 7.94. The number of rotatable bonds is 5. The molecule has 1 saturated heterocycles. The number of Topliss-reactive ketones (excluding diaryl/α,β-unsaturated/α-hetero) is 1. The third-order valence-electron chi connectivity index (χ3n) is 4.68. The number of benzene rings is 1. The predicted octanol–water partition coefficient (Wildman–Crippen LogP) is 3.06. The highest BCUT2D eigenvalue weighted by Crippen LogP contribution is 2.27. The van der Waals surface area contributed by atoms with E-state index in [1.807, 2.05) is 36.1 Å². The third-order valence-corrected chi connectivity index (χ3v) is 4.68. The Balaban J connectivity index is 1.46. The maximum absolute atomic E-state index is 12.4. The molecule has 2 aromatic rings. The topological polar surface area (TPSA) is 76.3 Å². The number of aromatic nitrogens is 2. The van der Waals surface area contributed by atoms with Gasteiger partial charge in [-0.25, -0.2) is 0 Å². The second kappa shape index (κ2) is 7.59. The molecule has 0 saturated carbocycles. The zero-order valence-corrected chi connectivity index (χ0v) is 14.7. The van der Waals surface area contributed by atoms with E-state index in [0.29, 0.717) is 30.4 Å². The fourth-order valence-electron chi connectivity index (χ4n) is 3.12. The molecule has 0 radical (unpaired) electrons. The predicted molar refractivity (Wildman–Crippen MR) is 92.3 cm³/mol. The van der Waals surface area contributed by atoms with Gasteiger partial charge >= 0.3 is 0 Å². The highest BCUT2D eigenvalue weighted by atomic mass is 16.4. The molecule has 132 valence electrons. The summed E-state index contributed by atoms with van der Waals surface area (Å²) >= 11 is 0. The Morgan fingerprint density at radius 3 is 2.36 bits per heavy atom. The summed E-state index contributed by atoms with van der Waals surface area (Å²) in [5.74, 6) is 1.52. The second-order valence-electron chi connectivity index (χ2n) is 6.60. The molecule has 25 heavy (non-hydrogen) atoms. The number of nitrogens with zero attached hydrogens (tertiary/aromatic N) is 3. The number of aryl methyl sites for hydroxylation is 2. The second-order valence-corrected chi connectivity index (χ2v) is 6.60. The summed E-state index contributed by atoms with van der Waals surface area (Å²) < 4.78 is 5.48. The molecule has 0 bridgehead atoms. The van der Waals surface area contributed by atoms with Crippen LogP contribution in [0, 0.1) is 13.8 Å². The lowest BCUT2D eigenvalue weighted by Crippen LogP contribution is -2.38. The summed E-state index contributed by atoms with van der Waals surface area (Å²) in [4.78, 5) is 26.4. The van der Waals surface area contributed by atoms with E-state index >= 15 is 0 Å². The molecule has 6 heteroatoms. The van der Waals surface area contributed by atoms with Crippen molar-refractivity contribution in [3.63, 3.8) is 0 Å². The molecule has 2 heterocycles. The Labute approximate surface area is 147 Å². The van der Waals surface area contributed by atoms with Crippen molar-refractivity contribution < 1.29 is 14.0 Å². The average molecular weight is 341 g/mol. The van der Waals surface area contributed by atoms with Gasteiger partial charge in [0, 0.05) is 44.3 Å². The molecule has 0 N–H and O–H groups in total. The first-order valence-electron chi connectivity index (χ1n) is 8.70. The van der Waals surface area contributed by atoms with Crippen molar-refractivity contribution in [3.8, 4) is 0 Å². The zero-order valence-electron chi connectivity index (χ0n) is 14.7. The fraction of sp³-hybridized carbons (Fsp3) is 0.474. The van der Waals surface area contributed by atoms with E-state index in [0.717, 1.165) is 18.4 Å². The number of hydrogen-bond donors (Lipinski definition) is 0. The fourth-order valence-corrected chi connectivity index (χ4v) is 3.12. The van der Waals surface area contributed by atoms with Gasteiger partial charge in [0.25, 0.3) is 0 Å². The van der Waals surface area contributed by atoms with Crippen LogP contribution in [0.5, 0.6) is 0 Å². The van der Waals surface area contributed by atoms with Crippen LogP contribution >= 0.6 is 0 Å². The van der Waals surface area contributed by atoms with Crippen LogP contribution in [0.4, 0.5) is 0 Å². The largest absolute Gasteiger partial charge is 0.425 e. The number of likely N-dealkylation sites (tertiary alicyclic amines) is 1. The number of piperidine rings is 1. The average Bonchev–Trinajstić information content (AvgIpc) is 3.06. The maximum Gasteiger partial charge on any atom is 0.223 e. The zero-order chi connectivity index (χ0) is 17.8. The molecule has 1 fully saturated rings. The van der Waals surface area contributed by atoms with Crippen LogP contribution in [-0.2, 0) is 4.79 Å². The molecule has 1 amide bonds. The van der Waals surface area contributed by atoms with Gasteiger partial charge in [-0.1, -0.05) is 29.8 Å². The molecule has 6 nitrogen and oxygen atoms in total. The minimum atomic E-state index is 0.0181. The minimum absolute atomic E-state index is 0.0181. The molecule has 0 spiro atoms. The van der Waals surface area contributed by atoms with E-state index in [9.17, 15) is 9.59 Å². The summed E-state index contributed by atoms with van der Waals surface area (Å²) in [6, 6.07) is 7.47. The first-order valence-corrected chi connectivity index (χ1v) is 8.70. The molecule has 1 aromatic carbocycles. The van der Waals surface area contributed by atoms with Gasteiger partial charge in [-0.2, -0.15) is 0 Å². The molecule has 3 rings (SSSR count). The maximum atomic E-state index is 12.4.